The first-order valence-corrected chi connectivity index (χ1v) is 9.31. The molecule has 0 saturated carbocycles. The first-order valence-electron chi connectivity index (χ1n) is 9.31. The van der Waals surface area contributed by atoms with E-state index >= 15 is 0 Å². The molecule has 1 aromatic carbocycles. The zero-order chi connectivity index (χ0) is 18.8. The van der Waals surface area contributed by atoms with Crippen LogP contribution in [0.15, 0.2) is 24.3 Å². The molecule has 1 fully saturated rings. The van der Waals surface area contributed by atoms with Gasteiger partial charge in [0.2, 0.25) is 0 Å². The van der Waals surface area contributed by atoms with Crippen molar-refractivity contribution in [3.8, 4) is 0 Å². The molecule has 1 saturated heterocycles. The number of hydrogen-bond acceptors (Lipinski definition) is 5. The molecule has 1 aliphatic heterocycles. The average molecular weight is 367 g/mol. The van der Waals surface area contributed by atoms with Crippen LogP contribution in [0, 0.1) is 0 Å². The van der Waals surface area contributed by atoms with Gasteiger partial charge in [-0.15, -0.1) is 0 Å². The van der Waals surface area contributed by atoms with Crippen LogP contribution in [0.3, 0.4) is 0 Å². The fraction of sp³-hybridized carbons (Fsp3) is 0.400. The van der Waals surface area contributed by atoms with Crippen LogP contribution in [-0.4, -0.2) is 47.5 Å². The molecule has 1 N–H and O–H groups in total. The lowest BCUT2D eigenvalue weighted by Gasteiger charge is -2.16. The van der Waals surface area contributed by atoms with Crippen LogP contribution in [0.5, 0.6) is 0 Å². The van der Waals surface area contributed by atoms with Crippen molar-refractivity contribution >= 4 is 28.8 Å². The molecule has 1 aromatic heterocycles. The molecule has 7 nitrogen and oxygen atoms in total. The number of urea groups is 1. The van der Waals surface area contributed by atoms with Gasteiger partial charge < -0.3 is 10.1 Å². The van der Waals surface area contributed by atoms with Gasteiger partial charge in [-0.1, -0.05) is 24.6 Å². The average Bonchev–Trinajstić information content (AvgIpc) is 2.97. The fourth-order valence-electron chi connectivity index (χ4n) is 3.77. The van der Waals surface area contributed by atoms with Crippen molar-refractivity contribution in [3.05, 3.63) is 41.1 Å². The largest absolute Gasteiger partial charge is 0.452 e. The Morgan fingerprint density at radius 1 is 1.15 bits per heavy atom. The molecule has 0 spiro atoms. The summed E-state index contributed by atoms with van der Waals surface area (Å²) in [5.41, 5.74) is 3.15. The SMILES string of the molecule is O=C(OCC(=O)N1CCNC1=O)c1c2c(nc3ccccc13)CCCCC2. The zero-order valence-corrected chi connectivity index (χ0v) is 15.0. The number of hydrogen-bond donors (Lipinski definition) is 1. The molecule has 2 heterocycles. The number of aryl methyl sites for hydroxylation is 1. The topological polar surface area (TPSA) is 88.6 Å². The molecule has 27 heavy (non-hydrogen) atoms. The maximum Gasteiger partial charge on any atom is 0.339 e. The summed E-state index contributed by atoms with van der Waals surface area (Å²) in [6.07, 6.45) is 4.77. The lowest BCUT2D eigenvalue weighted by Crippen LogP contribution is -2.37. The summed E-state index contributed by atoms with van der Waals surface area (Å²) in [4.78, 5) is 42.5. The monoisotopic (exact) mass is 367 g/mol. The van der Waals surface area contributed by atoms with Crippen molar-refractivity contribution < 1.29 is 19.1 Å². The highest BCUT2D eigenvalue weighted by Crippen LogP contribution is 2.29. The van der Waals surface area contributed by atoms with Crippen molar-refractivity contribution in [1.82, 2.24) is 15.2 Å². The lowest BCUT2D eigenvalue weighted by molar-refractivity contribution is -0.130. The number of nitrogens with one attached hydrogen (secondary N) is 1. The summed E-state index contributed by atoms with van der Waals surface area (Å²) in [7, 11) is 0. The number of carbonyl (C=O) groups excluding carboxylic acids is 3. The number of carbonyl (C=O) groups is 3. The lowest BCUT2D eigenvalue weighted by atomic mass is 9.97. The molecule has 2 aliphatic rings. The standard InChI is InChI=1S/C20H21N3O4/c24-17(23-11-10-21-20(23)26)12-27-19(25)18-13-6-2-1-3-8-15(13)22-16-9-5-4-7-14(16)18/h4-5,7,9H,1-3,6,8,10-12H2,(H,21,26). The van der Waals surface area contributed by atoms with Crippen LogP contribution < -0.4 is 5.32 Å². The molecule has 2 aromatic rings. The molecule has 140 valence electrons. The van der Waals surface area contributed by atoms with Crippen molar-refractivity contribution in [2.75, 3.05) is 19.7 Å². The highest BCUT2D eigenvalue weighted by Gasteiger charge is 2.28. The molecular formula is C20H21N3O4. The van der Waals surface area contributed by atoms with E-state index in [-0.39, 0.29) is 0 Å². The quantitative estimate of drug-likeness (QED) is 0.664. The van der Waals surface area contributed by atoms with Gasteiger partial charge in [0.1, 0.15) is 0 Å². The maximum atomic E-state index is 12.9. The Labute approximate surface area is 156 Å². The minimum atomic E-state index is -0.528. The van der Waals surface area contributed by atoms with Crippen molar-refractivity contribution in [3.63, 3.8) is 0 Å². The number of aromatic nitrogens is 1. The Balaban J connectivity index is 1.63. The van der Waals surface area contributed by atoms with E-state index in [0.717, 1.165) is 59.2 Å². The smallest absolute Gasteiger partial charge is 0.339 e. The van der Waals surface area contributed by atoms with Crippen LogP contribution >= 0.6 is 0 Å². The van der Waals surface area contributed by atoms with Gasteiger partial charge in [-0.3, -0.25) is 14.7 Å². The van der Waals surface area contributed by atoms with Crippen LogP contribution in [0.1, 0.15) is 40.9 Å². The van der Waals surface area contributed by atoms with Gasteiger partial charge in [0, 0.05) is 24.2 Å². The predicted molar refractivity (Wildman–Crippen MR) is 98.4 cm³/mol. The van der Waals surface area contributed by atoms with Crippen molar-refractivity contribution in [2.24, 2.45) is 0 Å². The number of benzene rings is 1. The van der Waals surface area contributed by atoms with Gasteiger partial charge in [-0.2, -0.15) is 0 Å². The highest BCUT2D eigenvalue weighted by molar-refractivity contribution is 6.06. The number of amides is 3. The third-order valence-electron chi connectivity index (χ3n) is 5.11. The van der Waals surface area contributed by atoms with Crippen molar-refractivity contribution in [2.45, 2.75) is 32.1 Å². The van der Waals surface area contributed by atoms with E-state index < -0.39 is 24.5 Å². The van der Waals surface area contributed by atoms with Gasteiger partial charge in [0.05, 0.1) is 11.1 Å². The first-order chi connectivity index (χ1) is 13.1. The van der Waals surface area contributed by atoms with Gasteiger partial charge in [-0.25, -0.2) is 9.59 Å². The van der Waals surface area contributed by atoms with E-state index in [9.17, 15) is 14.4 Å². The van der Waals surface area contributed by atoms with Crippen LogP contribution in [0.25, 0.3) is 10.9 Å². The minimum absolute atomic E-state index is 0.294. The minimum Gasteiger partial charge on any atom is -0.452 e. The van der Waals surface area contributed by atoms with Gasteiger partial charge in [0.15, 0.2) is 6.61 Å². The predicted octanol–water partition coefficient (Wildman–Crippen LogP) is 2.21. The molecule has 4 rings (SSSR count). The number of fused-ring (bicyclic) bond motifs is 2. The van der Waals surface area contributed by atoms with Crippen LogP contribution in [0.4, 0.5) is 4.79 Å². The second-order valence-corrected chi connectivity index (χ2v) is 6.84. The van der Waals surface area contributed by atoms with E-state index in [0.29, 0.717) is 18.7 Å². The summed E-state index contributed by atoms with van der Waals surface area (Å²) >= 11 is 0. The Morgan fingerprint density at radius 2 is 1.96 bits per heavy atom. The fourth-order valence-corrected chi connectivity index (χ4v) is 3.77. The normalized spacial score (nSPS) is 16.6. The number of nitrogens with zero attached hydrogens (tertiary/aromatic N) is 2. The number of esters is 1. The molecule has 7 heteroatoms. The van der Waals surface area contributed by atoms with E-state index in [1.165, 1.54) is 0 Å². The number of ether oxygens (including phenoxy) is 1. The van der Waals surface area contributed by atoms with Crippen LogP contribution in [0.2, 0.25) is 0 Å². The Kier molecular flexibility index (Phi) is 4.75. The van der Waals surface area contributed by atoms with E-state index in [1.54, 1.807) is 0 Å². The van der Waals surface area contributed by atoms with Crippen molar-refractivity contribution in [1.29, 1.82) is 0 Å². The Bertz CT molecular complexity index is 925. The number of rotatable bonds is 3. The molecule has 0 atom stereocenters. The van der Waals surface area contributed by atoms with E-state index in [1.807, 2.05) is 24.3 Å². The van der Waals surface area contributed by atoms with Gasteiger partial charge >= 0.3 is 12.0 Å². The third kappa shape index (κ3) is 3.37. The second kappa shape index (κ2) is 7.34. The molecular weight excluding hydrogens is 346 g/mol. The summed E-state index contributed by atoms with van der Waals surface area (Å²) < 4.78 is 5.33. The molecule has 0 unspecified atom stereocenters. The van der Waals surface area contributed by atoms with Gasteiger partial charge in [-0.05, 0) is 37.3 Å². The molecule has 0 radical (unpaired) electrons. The summed E-state index contributed by atoms with van der Waals surface area (Å²) in [5, 5.41) is 3.30. The number of pyridine rings is 1. The first kappa shape index (κ1) is 17.5. The molecule has 3 amide bonds. The third-order valence-corrected chi connectivity index (χ3v) is 5.11. The molecule has 0 bridgehead atoms. The summed E-state index contributed by atoms with van der Waals surface area (Å²) in [6.45, 7) is 0.265. The van der Waals surface area contributed by atoms with Crippen LogP contribution in [-0.2, 0) is 22.4 Å². The Hall–Kier alpha value is -2.96. The highest BCUT2D eigenvalue weighted by atomic mass is 16.5. The zero-order valence-electron chi connectivity index (χ0n) is 15.0. The second-order valence-electron chi connectivity index (χ2n) is 6.84. The number of imide groups is 1. The maximum absolute atomic E-state index is 12.9. The summed E-state index contributed by atoms with van der Waals surface area (Å²) in [6, 6.07) is 7.06. The van der Waals surface area contributed by atoms with Gasteiger partial charge in [0.25, 0.3) is 5.91 Å². The number of para-hydroxylation sites is 1. The molecule has 1 aliphatic carbocycles. The van der Waals surface area contributed by atoms with E-state index in [2.05, 4.69) is 5.32 Å². The van der Waals surface area contributed by atoms with E-state index in [4.69, 9.17) is 9.72 Å². The summed E-state index contributed by atoms with van der Waals surface area (Å²) in [5.74, 6) is -1.04. The Morgan fingerprint density at radius 3 is 2.78 bits per heavy atom.